The monoisotopic (exact) mass is 475 g/mol. The molecule has 0 unspecified atom stereocenters. The van der Waals surface area contributed by atoms with Gasteiger partial charge in [-0.3, -0.25) is 0 Å². The summed E-state index contributed by atoms with van der Waals surface area (Å²) in [4.78, 5) is 0. The van der Waals surface area contributed by atoms with Gasteiger partial charge >= 0.3 is 7.32 Å². The largest absolute Gasteiger partial charge is 0.631 e. The molecule has 1 aliphatic rings. The smallest absolute Gasteiger partial charge is 0.402 e. The van der Waals surface area contributed by atoms with Crippen LogP contribution in [0.15, 0.2) is 66.7 Å². The Morgan fingerprint density at radius 2 is 1.22 bits per heavy atom. The third-order valence-electron chi connectivity index (χ3n) is 4.80. The van der Waals surface area contributed by atoms with E-state index in [1.54, 1.807) is 19.6 Å². The van der Waals surface area contributed by atoms with Crippen molar-refractivity contribution in [2.24, 2.45) is 5.41 Å². The Hall–Kier alpha value is -1.74. The molecular formula is C25H32BO3Si3. The molecule has 0 spiro atoms. The fourth-order valence-corrected chi connectivity index (χ4v) is 3.69. The Morgan fingerprint density at radius 1 is 0.719 bits per heavy atom. The van der Waals surface area contributed by atoms with Gasteiger partial charge in [0.15, 0.2) is 0 Å². The second kappa shape index (κ2) is 16.0. The van der Waals surface area contributed by atoms with Crippen molar-refractivity contribution in [3.63, 3.8) is 0 Å². The second-order valence-electron chi connectivity index (χ2n) is 7.13. The SMILES string of the molecule is CC1(C)CC=c2ccccc2=C1c1cccc2ccccc12.C[Si].C[Si].C[Si].OB(O)O. The molecule has 0 heterocycles. The Labute approximate surface area is 203 Å². The number of hydrogen-bond donors (Lipinski definition) is 3. The molecule has 165 valence electrons. The third kappa shape index (κ3) is 8.31. The van der Waals surface area contributed by atoms with Gasteiger partial charge in [-0.1, -0.05) is 106 Å². The Morgan fingerprint density at radius 3 is 1.84 bits per heavy atom. The van der Waals surface area contributed by atoms with E-state index in [1.165, 1.54) is 32.3 Å². The molecule has 9 radical (unpaired) electrons. The lowest BCUT2D eigenvalue weighted by molar-refractivity contribution is 0.278. The maximum atomic E-state index is 7.17. The van der Waals surface area contributed by atoms with Crippen LogP contribution in [0, 0.1) is 5.41 Å². The molecule has 0 aliphatic heterocycles. The number of fused-ring (bicyclic) bond motifs is 2. The highest BCUT2D eigenvalue weighted by Gasteiger charge is 2.27. The summed E-state index contributed by atoms with van der Waals surface area (Å²) in [6, 6.07) is 24.1. The lowest BCUT2D eigenvalue weighted by atomic mass is 9.73. The van der Waals surface area contributed by atoms with Crippen molar-refractivity contribution >= 4 is 60.5 Å². The zero-order chi connectivity index (χ0) is 24.7. The van der Waals surface area contributed by atoms with Gasteiger partial charge < -0.3 is 15.1 Å². The summed E-state index contributed by atoms with van der Waals surface area (Å²) in [7, 11) is 6.75. The van der Waals surface area contributed by atoms with Crippen molar-refractivity contribution in [2.75, 3.05) is 0 Å². The van der Waals surface area contributed by atoms with E-state index in [9.17, 15) is 0 Å². The van der Waals surface area contributed by atoms with Crippen LogP contribution in [0.4, 0.5) is 0 Å². The minimum absolute atomic E-state index is 0.151. The van der Waals surface area contributed by atoms with Gasteiger partial charge in [0.05, 0.1) is 0 Å². The molecule has 3 N–H and O–H groups in total. The number of hydrogen-bond acceptors (Lipinski definition) is 3. The van der Waals surface area contributed by atoms with Crippen molar-refractivity contribution in [1.29, 1.82) is 0 Å². The van der Waals surface area contributed by atoms with Gasteiger partial charge in [0.25, 0.3) is 0 Å². The molecule has 0 saturated carbocycles. The summed E-state index contributed by atoms with van der Waals surface area (Å²) >= 11 is 0. The zero-order valence-corrected chi connectivity index (χ0v) is 22.6. The van der Waals surface area contributed by atoms with Gasteiger partial charge in [-0.15, -0.1) is 0 Å². The summed E-state index contributed by atoms with van der Waals surface area (Å²) in [5.41, 5.74) is 3.00. The van der Waals surface area contributed by atoms with E-state index in [-0.39, 0.29) is 5.41 Å². The molecule has 0 saturated heterocycles. The van der Waals surface area contributed by atoms with E-state index in [0.29, 0.717) is 0 Å². The topological polar surface area (TPSA) is 60.7 Å². The molecule has 0 aromatic heterocycles. The molecule has 3 aromatic carbocycles. The van der Waals surface area contributed by atoms with Crippen molar-refractivity contribution < 1.29 is 15.1 Å². The van der Waals surface area contributed by atoms with Gasteiger partial charge in [-0.25, -0.2) is 0 Å². The summed E-state index contributed by atoms with van der Waals surface area (Å²) in [6.45, 7) is 10.1. The van der Waals surface area contributed by atoms with Crippen molar-refractivity contribution in [3.8, 4) is 0 Å². The Bertz CT molecular complexity index is 1050. The molecule has 0 bridgehead atoms. The van der Waals surface area contributed by atoms with E-state index in [1.807, 2.05) is 0 Å². The number of benzene rings is 3. The van der Waals surface area contributed by atoms with Gasteiger partial charge in [0.1, 0.15) is 0 Å². The number of rotatable bonds is 1. The first-order chi connectivity index (χ1) is 15.4. The second-order valence-corrected chi connectivity index (χ2v) is 7.13. The minimum atomic E-state index is -2.17. The first-order valence-electron chi connectivity index (χ1n) is 10.2. The van der Waals surface area contributed by atoms with Crippen LogP contribution in [0.25, 0.3) is 22.4 Å². The summed E-state index contributed by atoms with van der Waals surface area (Å²) in [5.74, 6) is 0. The maximum Gasteiger partial charge on any atom is 0.631 e. The highest BCUT2D eigenvalue weighted by atomic mass is 28.2. The molecular weight excluding hydrogens is 443 g/mol. The molecule has 7 heteroatoms. The Balaban J connectivity index is 0.000000839. The third-order valence-corrected chi connectivity index (χ3v) is 4.80. The minimum Gasteiger partial charge on any atom is -0.402 e. The normalized spacial score (nSPS) is 12.5. The molecule has 1 aliphatic carbocycles. The fraction of sp³-hybridized carbons (Fsp3) is 0.280. The van der Waals surface area contributed by atoms with Gasteiger partial charge in [0, 0.05) is 30.7 Å². The predicted octanol–water partition coefficient (Wildman–Crippen LogP) is 2.81. The van der Waals surface area contributed by atoms with Crippen LogP contribution in [0.1, 0.15) is 25.8 Å². The van der Waals surface area contributed by atoms with Crippen LogP contribution in [0.5, 0.6) is 0 Å². The zero-order valence-electron chi connectivity index (χ0n) is 19.6. The summed E-state index contributed by atoms with van der Waals surface area (Å²) in [6.07, 6.45) is 3.46. The van der Waals surface area contributed by atoms with Crippen LogP contribution >= 0.6 is 0 Å². The average Bonchev–Trinajstić information content (AvgIpc) is 2.82. The first-order valence-corrected chi connectivity index (χ1v) is 13.2. The lowest BCUT2D eigenvalue weighted by Gasteiger charge is -2.31. The summed E-state index contributed by atoms with van der Waals surface area (Å²) < 4.78 is 0. The van der Waals surface area contributed by atoms with Gasteiger partial charge in [-0.2, -0.15) is 0 Å². The molecule has 4 rings (SSSR count). The van der Waals surface area contributed by atoms with Gasteiger partial charge in [-0.05, 0) is 44.2 Å². The molecule has 3 aromatic rings. The summed E-state index contributed by atoms with van der Waals surface area (Å²) in [5, 5.41) is 26.9. The van der Waals surface area contributed by atoms with Crippen molar-refractivity contribution in [1.82, 2.24) is 0 Å². The van der Waals surface area contributed by atoms with Crippen LogP contribution < -0.4 is 10.4 Å². The van der Waals surface area contributed by atoms with E-state index >= 15 is 0 Å². The van der Waals surface area contributed by atoms with Crippen LogP contribution in [-0.2, 0) is 0 Å². The van der Waals surface area contributed by atoms with E-state index in [2.05, 4.69) is 117 Å². The van der Waals surface area contributed by atoms with Crippen LogP contribution in [0.3, 0.4) is 0 Å². The Kier molecular flexibility index (Phi) is 15.1. The van der Waals surface area contributed by atoms with Crippen LogP contribution in [0.2, 0.25) is 19.6 Å². The molecule has 32 heavy (non-hydrogen) atoms. The molecule has 0 amide bonds. The van der Waals surface area contributed by atoms with E-state index in [4.69, 9.17) is 15.1 Å². The maximum absolute atomic E-state index is 7.17. The fourth-order valence-electron chi connectivity index (χ4n) is 3.69. The van der Waals surface area contributed by atoms with Crippen molar-refractivity contribution in [2.45, 2.75) is 39.9 Å². The van der Waals surface area contributed by atoms with Gasteiger partial charge in [0.2, 0.25) is 0 Å². The standard InChI is InChI=1S/C22H20.3CH3Si.BH3O3/c1-22(2)15-14-17-9-4-6-12-19(17)21(22)20-13-7-10-16-8-3-5-11-18(16)20;3*1-2;2-1(3)4/h3-14H,15H2,1-2H3;3*1H3;2-4H. The quantitative estimate of drug-likeness (QED) is 0.475. The highest BCUT2D eigenvalue weighted by Crippen LogP contribution is 2.39. The predicted molar refractivity (Wildman–Crippen MR) is 142 cm³/mol. The van der Waals surface area contributed by atoms with Crippen molar-refractivity contribution in [3.05, 3.63) is 82.7 Å². The van der Waals surface area contributed by atoms with E-state index in [0.717, 1.165) is 6.42 Å². The molecule has 0 fully saturated rings. The average molecular weight is 476 g/mol. The molecule has 3 nitrogen and oxygen atoms in total. The molecule has 0 atom stereocenters. The highest BCUT2D eigenvalue weighted by molar-refractivity contribution is 6.30. The first kappa shape index (κ1) is 30.3. The van der Waals surface area contributed by atoms with Crippen LogP contribution in [-0.4, -0.2) is 53.1 Å². The van der Waals surface area contributed by atoms with E-state index < -0.39 is 7.32 Å². The lowest BCUT2D eigenvalue weighted by Crippen LogP contribution is -2.36.